The fraction of sp³-hybridized carbons (Fsp3) is 0.471. The molecule has 0 bridgehead atoms. The van der Waals surface area contributed by atoms with Crippen LogP contribution in [0.4, 0.5) is 0 Å². The molecule has 1 aliphatic heterocycles. The Balaban J connectivity index is 1.38. The zero-order chi connectivity index (χ0) is 16.7. The van der Waals surface area contributed by atoms with Crippen molar-refractivity contribution in [3.05, 3.63) is 28.9 Å². The van der Waals surface area contributed by atoms with Crippen LogP contribution in [-0.2, 0) is 4.79 Å². The van der Waals surface area contributed by atoms with Gasteiger partial charge >= 0.3 is 0 Å². The molecule has 2 aromatic rings. The van der Waals surface area contributed by atoms with Crippen molar-refractivity contribution >= 4 is 34.3 Å². The van der Waals surface area contributed by atoms with Crippen molar-refractivity contribution in [2.75, 3.05) is 19.6 Å². The van der Waals surface area contributed by atoms with Gasteiger partial charge in [-0.15, -0.1) is 0 Å². The Hall–Kier alpha value is -2.08. The lowest BCUT2D eigenvalue weighted by molar-refractivity contribution is -0.131. The average Bonchev–Trinajstić information content (AvgIpc) is 3.14. The second kappa shape index (κ2) is 5.77. The van der Waals surface area contributed by atoms with Gasteiger partial charge in [0.1, 0.15) is 0 Å². The number of hydrogen-bond donors (Lipinski definition) is 2. The molecule has 1 saturated heterocycles. The summed E-state index contributed by atoms with van der Waals surface area (Å²) in [5.74, 6) is -0.307. The quantitative estimate of drug-likeness (QED) is 0.895. The molecular weight excluding hydrogens is 328 g/mol. The first-order chi connectivity index (χ1) is 11.6. The molecule has 2 N–H and O–H groups in total. The van der Waals surface area contributed by atoms with Gasteiger partial charge in [0.25, 0.3) is 5.91 Å². The highest BCUT2D eigenvalue weighted by molar-refractivity contribution is 6.35. The summed E-state index contributed by atoms with van der Waals surface area (Å²) in [4.78, 5) is 26.6. The van der Waals surface area contributed by atoms with Crippen molar-refractivity contribution < 1.29 is 9.59 Å². The second-order valence-corrected chi connectivity index (χ2v) is 7.22. The van der Waals surface area contributed by atoms with Crippen LogP contribution >= 0.6 is 11.6 Å². The number of nitrogens with zero attached hydrogens (tertiary/aromatic N) is 2. The van der Waals surface area contributed by atoms with Gasteiger partial charge in [-0.2, -0.15) is 5.10 Å². The zero-order valence-corrected chi connectivity index (χ0v) is 14.0. The largest absolute Gasteiger partial charge is 0.343 e. The van der Waals surface area contributed by atoms with Crippen LogP contribution in [0.5, 0.6) is 0 Å². The van der Waals surface area contributed by atoms with Crippen LogP contribution < -0.4 is 5.32 Å². The minimum absolute atomic E-state index is 0.0174. The molecule has 0 unspecified atom stereocenters. The predicted molar refractivity (Wildman–Crippen MR) is 90.9 cm³/mol. The number of H-pyrrole nitrogens is 1. The number of fused-ring (bicyclic) bond motifs is 1. The Bertz CT molecular complexity index is 802. The van der Waals surface area contributed by atoms with Gasteiger partial charge in [0, 0.05) is 18.5 Å². The SMILES string of the molecule is O=C(NCC(=O)N1CCC2(CC1)CC2)c1ccc(Cl)c2[nH]ncc12. The van der Waals surface area contributed by atoms with E-state index >= 15 is 0 Å². The van der Waals surface area contributed by atoms with Crippen LogP contribution in [-0.4, -0.2) is 46.5 Å². The number of carbonyl (C=O) groups is 2. The number of likely N-dealkylation sites (tertiary alicyclic amines) is 1. The molecule has 24 heavy (non-hydrogen) atoms. The van der Waals surface area contributed by atoms with E-state index in [9.17, 15) is 9.59 Å². The number of aromatic amines is 1. The molecule has 4 rings (SSSR count). The Morgan fingerprint density at radius 2 is 2.00 bits per heavy atom. The third-order valence-corrected chi connectivity index (χ3v) is 5.66. The standard InChI is InChI=1S/C17H19ClN4O2/c18-13-2-1-11(12-9-20-21-15(12)13)16(24)19-10-14(23)22-7-5-17(3-4-17)6-8-22/h1-2,9H,3-8,10H2,(H,19,24)(H,20,21). The normalized spacial score (nSPS) is 18.8. The molecule has 126 valence electrons. The van der Waals surface area contributed by atoms with Crippen LogP contribution in [0.15, 0.2) is 18.3 Å². The van der Waals surface area contributed by atoms with Gasteiger partial charge in [-0.05, 0) is 43.2 Å². The molecule has 1 spiro atoms. The van der Waals surface area contributed by atoms with E-state index in [0.29, 0.717) is 26.9 Å². The summed E-state index contributed by atoms with van der Waals surface area (Å²) in [6, 6.07) is 3.30. The van der Waals surface area contributed by atoms with E-state index in [4.69, 9.17) is 11.6 Å². The number of halogens is 1. The molecule has 1 aromatic heterocycles. The highest BCUT2D eigenvalue weighted by Crippen LogP contribution is 2.53. The maximum Gasteiger partial charge on any atom is 0.252 e. The summed E-state index contributed by atoms with van der Waals surface area (Å²) in [5.41, 5.74) is 1.63. The maximum atomic E-state index is 12.4. The first kappa shape index (κ1) is 15.4. The molecule has 2 amide bonds. The molecule has 1 aromatic carbocycles. The van der Waals surface area contributed by atoms with Crippen molar-refractivity contribution in [2.24, 2.45) is 5.41 Å². The van der Waals surface area contributed by atoms with Gasteiger partial charge in [0.2, 0.25) is 5.91 Å². The monoisotopic (exact) mass is 346 g/mol. The molecular formula is C17H19ClN4O2. The topological polar surface area (TPSA) is 78.1 Å². The second-order valence-electron chi connectivity index (χ2n) is 6.82. The summed E-state index contributed by atoms with van der Waals surface area (Å²) in [6.45, 7) is 1.64. The Morgan fingerprint density at radius 3 is 2.71 bits per heavy atom. The minimum atomic E-state index is -0.290. The van der Waals surface area contributed by atoms with E-state index in [-0.39, 0.29) is 18.4 Å². The van der Waals surface area contributed by atoms with E-state index in [1.54, 1.807) is 18.3 Å². The van der Waals surface area contributed by atoms with Crippen LogP contribution in [0.2, 0.25) is 5.02 Å². The highest BCUT2D eigenvalue weighted by Gasteiger charge is 2.44. The molecule has 7 heteroatoms. The predicted octanol–water partition coefficient (Wildman–Crippen LogP) is 2.35. The highest BCUT2D eigenvalue weighted by atomic mass is 35.5. The lowest BCUT2D eigenvalue weighted by Gasteiger charge is -2.32. The molecule has 0 atom stereocenters. The summed E-state index contributed by atoms with van der Waals surface area (Å²) in [5, 5.41) is 10.6. The number of piperidine rings is 1. The number of carbonyl (C=O) groups excluding carboxylic acids is 2. The van der Waals surface area contributed by atoms with Gasteiger partial charge in [0.05, 0.1) is 28.8 Å². The summed E-state index contributed by atoms with van der Waals surface area (Å²) < 4.78 is 0. The molecule has 6 nitrogen and oxygen atoms in total. The van der Waals surface area contributed by atoms with E-state index in [1.165, 1.54) is 12.8 Å². The van der Waals surface area contributed by atoms with Crippen LogP contribution in [0, 0.1) is 5.41 Å². The van der Waals surface area contributed by atoms with Gasteiger partial charge in [-0.25, -0.2) is 0 Å². The van der Waals surface area contributed by atoms with Crippen molar-refractivity contribution in [1.82, 2.24) is 20.4 Å². The van der Waals surface area contributed by atoms with Gasteiger partial charge in [0.15, 0.2) is 0 Å². The number of nitrogens with one attached hydrogen (secondary N) is 2. The van der Waals surface area contributed by atoms with Crippen molar-refractivity contribution in [3.63, 3.8) is 0 Å². The third-order valence-electron chi connectivity index (χ3n) is 5.34. The number of rotatable bonds is 3. The van der Waals surface area contributed by atoms with Crippen LogP contribution in [0.25, 0.3) is 10.9 Å². The Labute approximate surface area is 144 Å². The third kappa shape index (κ3) is 2.75. The van der Waals surface area contributed by atoms with Gasteiger partial charge < -0.3 is 10.2 Å². The summed E-state index contributed by atoms with van der Waals surface area (Å²) in [7, 11) is 0. The van der Waals surface area contributed by atoms with E-state index in [0.717, 1.165) is 25.9 Å². The minimum Gasteiger partial charge on any atom is -0.343 e. The molecule has 0 radical (unpaired) electrons. The molecule has 1 aliphatic carbocycles. The Morgan fingerprint density at radius 1 is 1.25 bits per heavy atom. The number of hydrogen-bond acceptors (Lipinski definition) is 3. The Kier molecular flexibility index (Phi) is 3.72. The van der Waals surface area contributed by atoms with Crippen molar-refractivity contribution in [1.29, 1.82) is 0 Å². The van der Waals surface area contributed by atoms with Gasteiger partial charge in [-0.3, -0.25) is 14.7 Å². The van der Waals surface area contributed by atoms with Crippen molar-refractivity contribution in [2.45, 2.75) is 25.7 Å². The number of aromatic nitrogens is 2. The number of benzene rings is 1. The smallest absolute Gasteiger partial charge is 0.252 e. The van der Waals surface area contributed by atoms with E-state index in [1.807, 2.05) is 4.90 Å². The van der Waals surface area contributed by atoms with Gasteiger partial charge in [-0.1, -0.05) is 11.6 Å². The fourth-order valence-electron chi connectivity index (χ4n) is 3.47. The molecule has 2 heterocycles. The maximum absolute atomic E-state index is 12.4. The van der Waals surface area contributed by atoms with Crippen molar-refractivity contribution in [3.8, 4) is 0 Å². The lowest BCUT2D eigenvalue weighted by atomic mass is 9.94. The van der Waals surface area contributed by atoms with E-state index < -0.39 is 0 Å². The molecule has 2 aliphatic rings. The molecule has 1 saturated carbocycles. The number of amides is 2. The molecule has 2 fully saturated rings. The fourth-order valence-corrected chi connectivity index (χ4v) is 3.68. The first-order valence-corrected chi connectivity index (χ1v) is 8.63. The first-order valence-electron chi connectivity index (χ1n) is 8.26. The zero-order valence-electron chi connectivity index (χ0n) is 13.3. The van der Waals surface area contributed by atoms with Crippen LogP contribution in [0.1, 0.15) is 36.0 Å². The lowest BCUT2D eigenvalue weighted by Crippen LogP contribution is -2.44. The average molecular weight is 347 g/mol. The summed E-state index contributed by atoms with van der Waals surface area (Å²) in [6.07, 6.45) is 6.38. The summed E-state index contributed by atoms with van der Waals surface area (Å²) >= 11 is 6.07. The van der Waals surface area contributed by atoms with Crippen LogP contribution in [0.3, 0.4) is 0 Å². The van der Waals surface area contributed by atoms with E-state index in [2.05, 4.69) is 15.5 Å².